The summed E-state index contributed by atoms with van der Waals surface area (Å²) in [5.41, 5.74) is -0.251. The van der Waals surface area contributed by atoms with E-state index >= 15 is 0 Å². The van der Waals surface area contributed by atoms with Gasteiger partial charge in [0.15, 0.2) is 0 Å². The van der Waals surface area contributed by atoms with Crippen LogP contribution in [0.5, 0.6) is 11.6 Å². The lowest BCUT2D eigenvalue weighted by molar-refractivity contribution is -0.139. The fourth-order valence-electron chi connectivity index (χ4n) is 3.36. The second kappa shape index (κ2) is 7.59. The second-order valence-corrected chi connectivity index (χ2v) is 6.45. The zero-order valence-corrected chi connectivity index (χ0v) is 14.6. The molecular weight excluding hydrogens is 363 g/mol. The van der Waals surface area contributed by atoms with E-state index in [1.54, 1.807) is 23.4 Å². The van der Waals surface area contributed by atoms with Gasteiger partial charge in [-0.15, -0.1) is 0 Å². The normalized spacial score (nSPS) is 17.0. The molecule has 0 bridgehead atoms. The Bertz CT molecular complexity index is 793. The third kappa shape index (κ3) is 4.08. The molecule has 9 heteroatoms. The van der Waals surface area contributed by atoms with Gasteiger partial charge in [-0.1, -0.05) is 0 Å². The van der Waals surface area contributed by atoms with Crippen LogP contribution in [0.25, 0.3) is 0 Å². The number of rotatable bonds is 4. The number of aliphatic hydroxyl groups excluding tert-OH is 1. The molecule has 1 aliphatic heterocycles. The largest absolute Gasteiger partial charge is 0.496 e. The Kier molecular flexibility index (Phi) is 5.41. The molecule has 0 amide bonds. The number of methoxy groups -OCH3 is 1. The molecule has 0 spiro atoms. The van der Waals surface area contributed by atoms with Crippen molar-refractivity contribution < 1.29 is 28.1 Å². The van der Waals surface area contributed by atoms with Gasteiger partial charge in [-0.25, -0.2) is 4.98 Å². The quantitative estimate of drug-likeness (QED) is 0.845. The molecule has 1 saturated heterocycles. The molecule has 2 N–H and O–H groups in total. The Morgan fingerprint density at radius 2 is 1.96 bits per heavy atom. The summed E-state index contributed by atoms with van der Waals surface area (Å²) < 4.78 is 44.1. The highest BCUT2D eigenvalue weighted by Gasteiger charge is 2.36. The maximum Gasteiger partial charge on any atom is 0.421 e. The van der Waals surface area contributed by atoms with Crippen LogP contribution in [0.2, 0.25) is 0 Å². The minimum Gasteiger partial charge on any atom is -0.496 e. The number of ether oxygens (including phenoxy) is 1. The van der Waals surface area contributed by atoms with Crippen LogP contribution in [0, 0.1) is 5.92 Å². The van der Waals surface area contributed by atoms with Crippen LogP contribution in [0.3, 0.4) is 0 Å². The zero-order valence-electron chi connectivity index (χ0n) is 14.6. The highest BCUT2D eigenvalue weighted by molar-refractivity contribution is 5.50. The molecule has 2 aromatic heterocycles. The van der Waals surface area contributed by atoms with Crippen molar-refractivity contribution in [1.29, 1.82) is 0 Å². The lowest BCUT2D eigenvalue weighted by Crippen LogP contribution is -2.36. The summed E-state index contributed by atoms with van der Waals surface area (Å²) in [4.78, 5) is 9.26. The van der Waals surface area contributed by atoms with Crippen LogP contribution >= 0.6 is 0 Å². The number of aromatic hydroxyl groups is 1. The number of alkyl halides is 3. The summed E-state index contributed by atoms with van der Waals surface area (Å²) >= 11 is 0. The van der Waals surface area contributed by atoms with Crippen molar-refractivity contribution in [2.45, 2.75) is 25.1 Å². The standard InChI is InChI=1S/C18H20F3N3O3/c1-27-15-2-5-22-10-13(15)16(25)11-3-6-24(7-4-11)12-8-14(18(19,20)21)17(26)23-9-12/h2,5,8-11,16,25H,3-4,6-7H2,1H3,(H,23,26). The summed E-state index contributed by atoms with van der Waals surface area (Å²) in [6, 6.07) is 2.58. The third-order valence-electron chi connectivity index (χ3n) is 4.86. The maximum absolute atomic E-state index is 13.0. The van der Waals surface area contributed by atoms with Crippen molar-refractivity contribution in [2.75, 3.05) is 25.1 Å². The lowest BCUT2D eigenvalue weighted by atomic mass is 9.87. The Labute approximate surface area is 154 Å². The predicted octanol–water partition coefficient (Wildman–Crippen LogP) is 3.16. The average Bonchev–Trinajstić information content (AvgIpc) is 2.67. The molecule has 6 nitrogen and oxygen atoms in total. The number of anilines is 1. The van der Waals surface area contributed by atoms with Crippen LogP contribution < -0.4 is 9.64 Å². The van der Waals surface area contributed by atoms with Crippen LogP contribution in [-0.2, 0) is 6.18 Å². The molecule has 1 unspecified atom stereocenters. The molecule has 2 aromatic rings. The molecule has 0 aliphatic carbocycles. The van der Waals surface area contributed by atoms with Crippen molar-refractivity contribution in [3.05, 3.63) is 41.9 Å². The first kappa shape index (κ1) is 19.2. The lowest BCUT2D eigenvalue weighted by Gasteiger charge is -2.35. The van der Waals surface area contributed by atoms with Crippen molar-refractivity contribution in [3.8, 4) is 11.6 Å². The zero-order chi connectivity index (χ0) is 19.6. The number of pyridine rings is 2. The molecule has 1 fully saturated rings. The Balaban J connectivity index is 1.70. The molecule has 0 saturated carbocycles. The van der Waals surface area contributed by atoms with Crippen molar-refractivity contribution >= 4 is 5.69 Å². The van der Waals surface area contributed by atoms with E-state index in [4.69, 9.17) is 4.74 Å². The number of piperidine rings is 1. The van der Waals surface area contributed by atoms with Crippen LogP contribution in [0.1, 0.15) is 30.1 Å². The fraction of sp³-hybridized carbons (Fsp3) is 0.444. The van der Waals surface area contributed by atoms with Crippen molar-refractivity contribution in [2.24, 2.45) is 5.92 Å². The van der Waals surface area contributed by atoms with Crippen molar-refractivity contribution in [3.63, 3.8) is 0 Å². The van der Waals surface area contributed by atoms with Gasteiger partial charge in [0.05, 0.1) is 25.1 Å². The minimum absolute atomic E-state index is 0.0634. The second-order valence-electron chi connectivity index (χ2n) is 6.45. The molecule has 3 rings (SSSR count). The Hall–Kier alpha value is -2.55. The highest BCUT2D eigenvalue weighted by Crippen LogP contribution is 2.39. The summed E-state index contributed by atoms with van der Waals surface area (Å²) in [6.45, 7) is 0.933. The SMILES string of the molecule is COc1ccncc1C(O)C1CCN(c2cnc(O)c(C(F)(F)F)c2)CC1. The third-order valence-corrected chi connectivity index (χ3v) is 4.86. The van der Waals surface area contributed by atoms with Crippen molar-refractivity contribution in [1.82, 2.24) is 9.97 Å². The van der Waals surface area contributed by atoms with E-state index in [2.05, 4.69) is 9.97 Å². The van der Waals surface area contributed by atoms with Gasteiger partial charge in [-0.2, -0.15) is 13.2 Å². The molecule has 1 aliphatic rings. The van der Waals surface area contributed by atoms with E-state index in [1.165, 1.54) is 13.3 Å². The summed E-state index contributed by atoms with van der Waals surface area (Å²) in [6.07, 6.45) is 0.107. The first-order valence-corrected chi connectivity index (χ1v) is 8.48. The number of halogens is 3. The summed E-state index contributed by atoms with van der Waals surface area (Å²) in [5, 5.41) is 20.0. The first-order valence-electron chi connectivity index (χ1n) is 8.48. The molecule has 1 atom stereocenters. The first-order chi connectivity index (χ1) is 12.8. The molecule has 0 radical (unpaired) electrons. The molecule has 27 heavy (non-hydrogen) atoms. The van der Waals surface area contributed by atoms with E-state index in [1.807, 2.05) is 0 Å². The smallest absolute Gasteiger partial charge is 0.421 e. The monoisotopic (exact) mass is 383 g/mol. The maximum atomic E-state index is 13.0. The van der Waals surface area contributed by atoms with E-state index in [9.17, 15) is 23.4 Å². The van der Waals surface area contributed by atoms with E-state index in [0.29, 0.717) is 42.9 Å². The average molecular weight is 383 g/mol. The van der Waals surface area contributed by atoms with Gasteiger partial charge in [0, 0.05) is 31.0 Å². The number of nitrogens with zero attached hydrogens (tertiary/aromatic N) is 3. The highest BCUT2D eigenvalue weighted by atomic mass is 19.4. The van der Waals surface area contributed by atoms with Gasteiger partial charge in [-0.3, -0.25) is 4.98 Å². The van der Waals surface area contributed by atoms with Gasteiger partial charge in [0.2, 0.25) is 5.88 Å². The van der Waals surface area contributed by atoms with Gasteiger partial charge in [0.1, 0.15) is 11.3 Å². The van der Waals surface area contributed by atoms with Gasteiger partial charge in [0.25, 0.3) is 0 Å². The summed E-state index contributed by atoms with van der Waals surface area (Å²) in [7, 11) is 1.52. The number of aliphatic hydroxyl groups is 1. The van der Waals surface area contributed by atoms with Crippen LogP contribution in [0.4, 0.5) is 18.9 Å². The molecule has 146 valence electrons. The topological polar surface area (TPSA) is 78.7 Å². The Morgan fingerprint density at radius 1 is 1.26 bits per heavy atom. The van der Waals surface area contributed by atoms with Gasteiger partial charge >= 0.3 is 6.18 Å². The van der Waals surface area contributed by atoms with Crippen LogP contribution in [0.15, 0.2) is 30.7 Å². The van der Waals surface area contributed by atoms with E-state index in [-0.39, 0.29) is 5.92 Å². The van der Waals surface area contributed by atoms with E-state index < -0.39 is 23.7 Å². The predicted molar refractivity (Wildman–Crippen MR) is 91.6 cm³/mol. The Morgan fingerprint density at radius 3 is 2.59 bits per heavy atom. The minimum atomic E-state index is -4.67. The van der Waals surface area contributed by atoms with Gasteiger partial charge < -0.3 is 19.8 Å². The van der Waals surface area contributed by atoms with Gasteiger partial charge in [-0.05, 0) is 30.9 Å². The number of hydrogen-bond donors (Lipinski definition) is 2. The fourth-order valence-corrected chi connectivity index (χ4v) is 3.36. The van der Waals surface area contributed by atoms with Crippen LogP contribution in [-0.4, -0.2) is 40.4 Å². The number of hydrogen-bond acceptors (Lipinski definition) is 6. The molecule has 0 aromatic carbocycles. The van der Waals surface area contributed by atoms with E-state index in [0.717, 1.165) is 6.07 Å². The molecular formula is C18H20F3N3O3. The number of aromatic nitrogens is 2. The summed E-state index contributed by atoms with van der Waals surface area (Å²) in [5.74, 6) is -0.538. The molecule has 3 heterocycles.